The summed E-state index contributed by atoms with van der Waals surface area (Å²) >= 11 is 5.94. The molecule has 0 atom stereocenters. The first-order valence-corrected chi connectivity index (χ1v) is 5.96. The number of amides is 1. The molecule has 0 aliphatic carbocycles. The number of rotatable bonds is 5. The molecule has 0 aliphatic rings. The van der Waals surface area contributed by atoms with Crippen LogP contribution in [0.2, 0.25) is 5.02 Å². The maximum absolute atomic E-state index is 11.9. The van der Waals surface area contributed by atoms with Crippen LogP contribution in [0, 0.1) is 0 Å². The van der Waals surface area contributed by atoms with Gasteiger partial charge in [0.1, 0.15) is 11.5 Å². The van der Waals surface area contributed by atoms with Gasteiger partial charge >= 0.3 is 0 Å². The predicted molar refractivity (Wildman–Crippen MR) is 69.1 cm³/mol. The smallest absolute Gasteiger partial charge is 0.271 e. The molecular weight excluding hydrogens is 270 g/mol. The molecule has 0 unspecified atom stereocenters. The number of nitrogens with one attached hydrogen (secondary N) is 2. The fourth-order valence-electron chi connectivity index (χ4n) is 1.41. The molecule has 8 heteroatoms. The van der Waals surface area contributed by atoms with Gasteiger partial charge in [-0.05, 0) is 12.1 Å². The number of nitrogens with zero attached hydrogens (tertiary/aromatic N) is 3. The number of aromatic nitrogens is 3. The summed E-state index contributed by atoms with van der Waals surface area (Å²) in [5.41, 5.74) is 0.182. The van der Waals surface area contributed by atoms with E-state index < -0.39 is 0 Å². The van der Waals surface area contributed by atoms with Crippen molar-refractivity contribution in [2.24, 2.45) is 0 Å². The van der Waals surface area contributed by atoms with Crippen LogP contribution in [0.3, 0.4) is 0 Å². The van der Waals surface area contributed by atoms with E-state index in [0.717, 1.165) is 0 Å². The van der Waals surface area contributed by atoms with Crippen LogP contribution in [0.15, 0.2) is 23.0 Å². The molecule has 0 saturated heterocycles. The van der Waals surface area contributed by atoms with Gasteiger partial charge in [0.05, 0.1) is 5.02 Å². The highest BCUT2D eigenvalue weighted by molar-refractivity contribution is 6.33. The summed E-state index contributed by atoms with van der Waals surface area (Å²) in [5, 5.41) is 9.48. The summed E-state index contributed by atoms with van der Waals surface area (Å²) in [6.07, 6.45) is 1.72. The minimum Gasteiger partial charge on any atom is -0.373 e. The van der Waals surface area contributed by atoms with Gasteiger partial charge in [-0.1, -0.05) is 16.8 Å². The number of anilines is 1. The third-order valence-corrected chi connectivity index (χ3v) is 2.66. The molecule has 0 spiro atoms. The quantitative estimate of drug-likeness (QED) is 0.853. The second kappa shape index (κ2) is 6.14. The van der Waals surface area contributed by atoms with Gasteiger partial charge in [0, 0.05) is 20.0 Å². The molecular formula is C11H12ClN5O2. The Morgan fingerprint density at radius 3 is 3.00 bits per heavy atom. The third-order valence-electron chi connectivity index (χ3n) is 2.36. The van der Waals surface area contributed by atoms with Gasteiger partial charge in [-0.2, -0.15) is 4.98 Å². The lowest BCUT2D eigenvalue weighted by atomic mass is 10.3. The Balaban J connectivity index is 1.95. The summed E-state index contributed by atoms with van der Waals surface area (Å²) in [6.45, 7) is 0.375. The molecule has 0 fully saturated rings. The van der Waals surface area contributed by atoms with E-state index in [1.165, 1.54) is 6.39 Å². The van der Waals surface area contributed by atoms with Crippen molar-refractivity contribution in [3.05, 3.63) is 35.1 Å². The maximum Gasteiger partial charge on any atom is 0.271 e. The topological polar surface area (TPSA) is 92.9 Å². The minimum atomic E-state index is -0.342. The highest BCUT2D eigenvalue weighted by Crippen LogP contribution is 2.16. The van der Waals surface area contributed by atoms with Crippen LogP contribution in [0.1, 0.15) is 16.3 Å². The van der Waals surface area contributed by atoms with Crippen molar-refractivity contribution in [1.29, 1.82) is 0 Å². The average molecular weight is 282 g/mol. The van der Waals surface area contributed by atoms with E-state index in [1.807, 2.05) is 0 Å². The van der Waals surface area contributed by atoms with Crippen LogP contribution in [-0.4, -0.2) is 34.6 Å². The Kier molecular flexibility index (Phi) is 4.30. The summed E-state index contributed by atoms with van der Waals surface area (Å²) in [4.78, 5) is 19.9. The van der Waals surface area contributed by atoms with Crippen LogP contribution >= 0.6 is 11.6 Å². The Labute approximate surface area is 114 Å². The molecule has 0 radical (unpaired) electrons. The van der Waals surface area contributed by atoms with Gasteiger partial charge in [0.25, 0.3) is 5.91 Å². The fraction of sp³-hybridized carbons (Fsp3) is 0.273. The zero-order valence-corrected chi connectivity index (χ0v) is 10.9. The van der Waals surface area contributed by atoms with Gasteiger partial charge in [-0.3, -0.25) is 4.79 Å². The van der Waals surface area contributed by atoms with Crippen molar-refractivity contribution in [3.63, 3.8) is 0 Å². The summed E-state index contributed by atoms with van der Waals surface area (Å²) in [6, 6.07) is 3.31. The van der Waals surface area contributed by atoms with E-state index in [9.17, 15) is 4.79 Å². The molecule has 2 aromatic heterocycles. The predicted octanol–water partition coefficient (Wildman–Crippen LogP) is 1.13. The average Bonchev–Trinajstić information content (AvgIpc) is 2.92. The highest BCUT2D eigenvalue weighted by Gasteiger charge is 2.12. The maximum atomic E-state index is 11.9. The standard InChI is InChI=1S/C11H12ClN5O2/c1-13-8-3-2-7(12)10(16-8)11(18)14-5-4-9-15-6-19-17-9/h2-3,6H,4-5H2,1H3,(H,13,16)(H,14,18). The van der Waals surface area contributed by atoms with Crippen LogP contribution in [-0.2, 0) is 6.42 Å². The second-order valence-electron chi connectivity index (χ2n) is 3.63. The van der Waals surface area contributed by atoms with Crippen LogP contribution in [0.5, 0.6) is 0 Å². The molecule has 100 valence electrons. The van der Waals surface area contributed by atoms with Crippen molar-refractivity contribution in [2.45, 2.75) is 6.42 Å². The molecule has 2 aromatic rings. The third kappa shape index (κ3) is 3.41. The lowest BCUT2D eigenvalue weighted by molar-refractivity contribution is 0.0949. The molecule has 19 heavy (non-hydrogen) atoms. The van der Waals surface area contributed by atoms with Crippen molar-refractivity contribution >= 4 is 23.3 Å². The Morgan fingerprint density at radius 1 is 1.47 bits per heavy atom. The van der Waals surface area contributed by atoms with Crippen LogP contribution in [0.4, 0.5) is 5.82 Å². The van der Waals surface area contributed by atoms with Gasteiger partial charge in [-0.25, -0.2) is 4.98 Å². The molecule has 0 aromatic carbocycles. The molecule has 7 nitrogen and oxygen atoms in total. The van der Waals surface area contributed by atoms with E-state index in [4.69, 9.17) is 11.6 Å². The van der Waals surface area contributed by atoms with E-state index in [2.05, 4.69) is 30.3 Å². The molecule has 1 amide bonds. The fourth-order valence-corrected chi connectivity index (χ4v) is 1.61. The summed E-state index contributed by atoms with van der Waals surface area (Å²) < 4.78 is 4.59. The minimum absolute atomic E-state index is 0.182. The number of carbonyl (C=O) groups is 1. The van der Waals surface area contributed by atoms with Gasteiger partial charge in [0.15, 0.2) is 5.82 Å². The van der Waals surface area contributed by atoms with Gasteiger partial charge in [0.2, 0.25) is 6.39 Å². The van der Waals surface area contributed by atoms with Gasteiger partial charge < -0.3 is 15.2 Å². The lowest BCUT2D eigenvalue weighted by Crippen LogP contribution is -2.27. The Hall–Kier alpha value is -2.15. The molecule has 0 aliphatic heterocycles. The number of hydrogen-bond acceptors (Lipinski definition) is 6. The Morgan fingerprint density at radius 2 is 2.32 bits per heavy atom. The first kappa shape index (κ1) is 13.3. The SMILES string of the molecule is CNc1ccc(Cl)c(C(=O)NCCc2ncon2)n1. The van der Waals surface area contributed by atoms with Gasteiger partial charge in [-0.15, -0.1) is 0 Å². The van der Waals surface area contributed by atoms with E-state index >= 15 is 0 Å². The normalized spacial score (nSPS) is 10.2. The molecule has 2 rings (SSSR count). The van der Waals surface area contributed by atoms with Crippen molar-refractivity contribution in [1.82, 2.24) is 20.4 Å². The Bertz CT molecular complexity index is 558. The van der Waals surface area contributed by atoms with E-state index in [1.54, 1.807) is 19.2 Å². The molecule has 2 heterocycles. The highest BCUT2D eigenvalue weighted by atomic mass is 35.5. The number of pyridine rings is 1. The first-order valence-electron chi connectivity index (χ1n) is 5.58. The lowest BCUT2D eigenvalue weighted by Gasteiger charge is -2.06. The summed E-state index contributed by atoms with van der Waals surface area (Å²) in [7, 11) is 1.72. The number of hydrogen-bond donors (Lipinski definition) is 2. The largest absolute Gasteiger partial charge is 0.373 e. The zero-order chi connectivity index (χ0) is 13.7. The number of halogens is 1. The van der Waals surface area contributed by atoms with Crippen LogP contribution in [0.25, 0.3) is 0 Å². The van der Waals surface area contributed by atoms with Crippen LogP contribution < -0.4 is 10.6 Å². The molecule has 2 N–H and O–H groups in total. The molecule has 0 saturated carbocycles. The molecule has 0 bridgehead atoms. The van der Waals surface area contributed by atoms with E-state index in [0.29, 0.717) is 29.6 Å². The van der Waals surface area contributed by atoms with E-state index in [-0.39, 0.29) is 11.6 Å². The summed E-state index contributed by atoms with van der Waals surface area (Å²) in [5.74, 6) is 0.765. The second-order valence-corrected chi connectivity index (χ2v) is 4.04. The van der Waals surface area contributed by atoms with Crippen molar-refractivity contribution in [3.8, 4) is 0 Å². The zero-order valence-electron chi connectivity index (χ0n) is 10.2. The monoisotopic (exact) mass is 281 g/mol. The number of carbonyl (C=O) groups excluding carboxylic acids is 1. The first-order chi connectivity index (χ1) is 9.20. The van der Waals surface area contributed by atoms with Crippen molar-refractivity contribution in [2.75, 3.05) is 18.9 Å². The van der Waals surface area contributed by atoms with Crippen molar-refractivity contribution < 1.29 is 9.32 Å².